The minimum Gasteiger partial charge on any atom is -0.296 e. The lowest BCUT2D eigenvalue weighted by molar-refractivity contribution is -0.112. The fourth-order valence-electron chi connectivity index (χ4n) is 2.09. The predicted molar refractivity (Wildman–Crippen MR) is 96.6 cm³/mol. The Hall–Kier alpha value is -2.52. The number of aryl methyl sites for hydroxylation is 2. The molecule has 24 heavy (non-hydrogen) atoms. The molecule has 124 valence electrons. The second-order valence-electron chi connectivity index (χ2n) is 5.32. The number of nitrogens with zero attached hydrogens (tertiary/aromatic N) is 3. The van der Waals surface area contributed by atoms with Gasteiger partial charge in [-0.15, -0.1) is 10.2 Å². The van der Waals surface area contributed by atoms with E-state index >= 15 is 0 Å². The van der Waals surface area contributed by atoms with Crippen LogP contribution in [-0.2, 0) is 17.6 Å². The average molecular weight is 340 g/mol. The highest BCUT2D eigenvalue weighted by Gasteiger charge is 2.12. The third-order valence-corrected chi connectivity index (χ3v) is 4.45. The van der Waals surface area contributed by atoms with Gasteiger partial charge in [0.05, 0.1) is 0 Å². The van der Waals surface area contributed by atoms with Crippen molar-refractivity contribution >= 4 is 28.5 Å². The number of anilines is 1. The summed E-state index contributed by atoms with van der Waals surface area (Å²) in [5, 5.41) is 21.0. The number of amides is 1. The van der Waals surface area contributed by atoms with Gasteiger partial charge in [-0.25, -0.2) is 0 Å². The lowest BCUT2D eigenvalue weighted by Crippen LogP contribution is -2.13. The third kappa shape index (κ3) is 5.00. The first-order valence-electron chi connectivity index (χ1n) is 8.00. The minimum atomic E-state index is -0.466. The van der Waals surface area contributed by atoms with E-state index in [-0.39, 0.29) is 5.57 Å². The normalized spacial score (nSPS) is 11.1. The molecule has 0 unspecified atom stereocenters. The maximum atomic E-state index is 12.2. The summed E-state index contributed by atoms with van der Waals surface area (Å²) in [6.45, 7) is 4.13. The van der Waals surface area contributed by atoms with Gasteiger partial charge < -0.3 is 0 Å². The van der Waals surface area contributed by atoms with Gasteiger partial charge in [-0.05, 0) is 36.5 Å². The van der Waals surface area contributed by atoms with Crippen LogP contribution in [0.3, 0.4) is 0 Å². The molecule has 0 atom stereocenters. The van der Waals surface area contributed by atoms with Crippen LogP contribution in [-0.4, -0.2) is 16.1 Å². The molecule has 0 saturated carbocycles. The summed E-state index contributed by atoms with van der Waals surface area (Å²) in [5.41, 5.74) is 2.14. The molecular formula is C18H20N4OS. The Kier molecular flexibility index (Phi) is 6.64. The molecule has 2 aromatic rings. The van der Waals surface area contributed by atoms with Crippen molar-refractivity contribution in [1.29, 1.82) is 5.26 Å². The molecular weight excluding hydrogens is 320 g/mol. The van der Waals surface area contributed by atoms with E-state index in [1.54, 1.807) is 6.08 Å². The minimum absolute atomic E-state index is 0.0459. The highest BCUT2D eigenvalue weighted by atomic mass is 32.1. The van der Waals surface area contributed by atoms with Crippen LogP contribution in [0.15, 0.2) is 29.8 Å². The van der Waals surface area contributed by atoms with E-state index in [2.05, 4.69) is 22.4 Å². The Morgan fingerprint density at radius 2 is 2.04 bits per heavy atom. The smallest absolute Gasteiger partial charge is 0.268 e. The second-order valence-corrected chi connectivity index (χ2v) is 6.39. The highest BCUT2D eigenvalue weighted by molar-refractivity contribution is 7.15. The van der Waals surface area contributed by atoms with E-state index < -0.39 is 5.91 Å². The van der Waals surface area contributed by atoms with Crippen LogP contribution in [0.2, 0.25) is 0 Å². The Balaban J connectivity index is 2.07. The number of carbonyl (C=O) groups is 1. The first-order valence-corrected chi connectivity index (χ1v) is 8.82. The van der Waals surface area contributed by atoms with E-state index in [0.717, 1.165) is 36.3 Å². The van der Waals surface area contributed by atoms with Gasteiger partial charge >= 0.3 is 0 Å². The number of hydrogen-bond acceptors (Lipinski definition) is 5. The van der Waals surface area contributed by atoms with Gasteiger partial charge in [0.25, 0.3) is 5.91 Å². The summed E-state index contributed by atoms with van der Waals surface area (Å²) in [4.78, 5) is 12.2. The Morgan fingerprint density at radius 1 is 1.29 bits per heavy atom. The molecule has 0 saturated heterocycles. The average Bonchev–Trinajstić information content (AvgIpc) is 3.06. The Labute approximate surface area is 146 Å². The monoisotopic (exact) mass is 340 g/mol. The van der Waals surface area contributed by atoms with E-state index in [4.69, 9.17) is 0 Å². The van der Waals surface area contributed by atoms with Gasteiger partial charge in [0, 0.05) is 0 Å². The highest BCUT2D eigenvalue weighted by Crippen LogP contribution is 2.17. The predicted octanol–water partition coefficient (Wildman–Crippen LogP) is 3.99. The summed E-state index contributed by atoms with van der Waals surface area (Å²) in [5.74, 6) is -0.466. The number of hydrogen-bond donors (Lipinski definition) is 1. The molecule has 0 aliphatic heterocycles. The molecule has 1 heterocycles. The zero-order valence-corrected chi connectivity index (χ0v) is 14.7. The Bertz CT molecular complexity index is 756. The van der Waals surface area contributed by atoms with Gasteiger partial charge in [-0.3, -0.25) is 10.1 Å². The number of benzene rings is 1. The fourth-order valence-corrected chi connectivity index (χ4v) is 2.76. The van der Waals surface area contributed by atoms with Crippen molar-refractivity contribution in [3.63, 3.8) is 0 Å². The van der Waals surface area contributed by atoms with Crippen molar-refractivity contribution in [3.8, 4) is 6.07 Å². The number of nitrogens with one attached hydrogen (secondary N) is 1. The molecule has 0 fully saturated rings. The molecule has 0 aliphatic carbocycles. The molecule has 0 aliphatic rings. The Morgan fingerprint density at radius 3 is 2.62 bits per heavy atom. The third-order valence-electron chi connectivity index (χ3n) is 3.46. The van der Waals surface area contributed by atoms with Crippen LogP contribution in [0.1, 0.15) is 42.8 Å². The molecule has 1 amide bonds. The molecule has 2 rings (SSSR count). The number of unbranched alkanes of at least 4 members (excludes halogenated alkanes) is 1. The fraction of sp³-hybridized carbons (Fsp3) is 0.333. The largest absolute Gasteiger partial charge is 0.296 e. The molecule has 1 aromatic heterocycles. The molecule has 1 aromatic carbocycles. The van der Waals surface area contributed by atoms with Crippen molar-refractivity contribution in [2.24, 2.45) is 0 Å². The number of carbonyl (C=O) groups excluding carboxylic acids is 1. The van der Waals surface area contributed by atoms with E-state index in [9.17, 15) is 10.1 Å². The maximum Gasteiger partial charge on any atom is 0.268 e. The first-order chi connectivity index (χ1) is 11.7. The summed E-state index contributed by atoms with van der Waals surface area (Å²) in [7, 11) is 0. The molecule has 0 bridgehead atoms. The van der Waals surface area contributed by atoms with Gasteiger partial charge in [-0.2, -0.15) is 5.26 Å². The summed E-state index contributed by atoms with van der Waals surface area (Å²) in [6, 6.07) is 9.87. The zero-order valence-electron chi connectivity index (χ0n) is 13.9. The topological polar surface area (TPSA) is 78.7 Å². The summed E-state index contributed by atoms with van der Waals surface area (Å²) < 4.78 is 0. The van der Waals surface area contributed by atoms with Crippen molar-refractivity contribution in [1.82, 2.24) is 10.2 Å². The second kappa shape index (κ2) is 8.94. The van der Waals surface area contributed by atoms with Crippen LogP contribution in [0.4, 0.5) is 5.13 Å². The van der Waals surface area contributed by atoms with Crippen LogP contribution in [0.25, 0.3) is 6.08 Å². The summed E-state index contributed by atoms with van der Waals surface area (Å²) in [6.07, 6.45) is 5.71. The van der Waals surface area contributed by atoms with Crippen LogP contribution >= 0.6 is 11.3 Å². The molecule has 6 heteroatoms. The van der Waals surface area contributed by atoms with Gasteiger partial charge in [0.2, 0.25) is 5.13 Å². The van der Waals surface area contributed by atoms with Crippen LogP contribution < -0.4 is 5.32 Å². The molecule has 0 radical (unpaired) electrons. The van der Waals surface area contributed by atoms with E-state index in [1.807, 2.05) is 37.3 Å². The van der Waals surface area contributed by atoms with Crippen molar-refractivity contribution in [2.45, 2.75) is 39.5 Å². The quantitative estimate of drug-likeness (QED) is 0.610. The maximum absolute atomic E-state index is 12.2. The molecule has 5 nitrogen and oxygen atoms in total. The van der Waals surface area contributed by atoms with Gasteiger partial charge in [0.15, 0.2) is 0 Å². The number of rotatable bonds is 7. The van der Waals surface area contributed by atoms with E-state index in [0.29, 0.717) is 5.13 Å². The number of aromatic nitrogens is 2. The van der Waals surface area contributed by atoms with Crippen molar-refractivity contribution in [2.75, 3.05) is 5.32 Å². The lowest BCUT2D eigenvalue weighted by Gasteiger charge is -2.02. The van der Waals surface area contributed by atoms with Crippen LogP contribution in [0, 0.1) is 11.3 Å². The SMILES string of the molecule is CCCCc1ccc(/C=C(\C#N)C(=O)Nc2nnc(CC)s2)cc1. The van der Waals surface area contributed by atoms with Crippen LogP contribution in [0.5, 0.6) is 0 Å². The van der Waals surface area contributed by atoms with Gasteiger partial charge in [0.1, 0.15) is 16.6 Å². The summed E-state index contributed by atoms with van der Waals surface area (Å²) >= 11 is 1.31. The standard InChI is InChI=1S/C18H20N4OS/c1-3-5-6-13-7-9-14(10-8-13)11-15(12-19)17(23)20-18-22-21-16(4-2)24-18/h7-11H,3-6H2,1-2H3,(H,20,22,23)/b15-11+. The van der Waals surface area contributed by atoms with Crippen molar-refractivity contribution in [3.05, 3.63) is 46.0 Å². The molecule has 0 spiro atoms. The first kappa shape index (κ1) is 17.8. The lowest BCUT2D eigenvalue weighted by atomic mass is 10.0. The van der Waals surface area contributed by atoms with Crippen molar-refractivity contribution < 1.29 is 4.79 Å². The molecule has 1 N–H and O–H groups in total. The number of nitriles is 1. The van der Waals surface area contributed by atoms with Gasteiger partial charge in [-0.1, -0.05) is 55.9 Å². The zero-order chi connectivity index (χ0) is 17.4. The van der Waals surface area contributed by atoms with E-state index in [1.165, 1.54) is 16.9 Å².